The van der Waals surface area contributed by atoms with E-state index in [4.69, 9.17) is 4.98 Å². The number of nitrogens with one attached hydrogen (secondary N) is 1. The lowest BCUT2D eigenvalue weighted by atomic mass is 10.1. The fourth-order valence-electron chi connectivity index (χ4n) is 3.51. The van der Waals surface area contributed by atoms with Gasteiger partial charge >= 0.3 is 0 Å². The third kappa shape index (κ3) is 4.54. The molecular formula is C20H27N4O2S+. The molecule has 1 aliphatic rings. The van der Waals surface area contributed by atoms with Crippen LogP contribution in [0.2, 0.25) is 0 Å². The summed E-state index contributed by atoms with van der Waals surface area (Å²) in [5.41, 5.74) is 4.12. The molecule has 144 valence electrons. The van der Waals surface area contributed by atoms with Crippen molar-refractivity contribution >= 4 is 34.0 Å². The molecule has 1 aromatic carbocycles. The van der Waals surface area contributed by atoms with Crippen LogP contribution in [0, 0.1) is 13.8 Å². The molecule has 2 amide bonds. The molecule has 3 rings (SSSR count). The van der Waals surface area contributed by atoms with Crippen molar-refractivity contribution in [3.63, 3.8) is 0 Å². The number of benzene rings is 1. The van der Waals surface area contributed by atoms with Gasteiger partial charge in [-0.25, -0.2) is 4.98 Å². The topological polar surface area (TPSA) is 58.0 Å². The molecule has 1 N–H and O–H groups in total. The summed E-state index contributed by atoms with van der Waals surface area (Å²) in [6.07, 6.45) is 0. The minimum absolute atomic E-state index is 0.0368. The number of aromatic nitrogens is 1. The summed E-state index contributed by atoms with van der Waals surface area (Å²) < 4.78 is 0. The first kappa shape index (κ1) is 19.5. The van der Waals surface area contributed by atoms with Gasteiger partial charge in [-0.3, -0.25) is 14.5 Å². The van der Waals surface area contributed by atoms with E-state index in [2.05, 4.69) is 6.07 Å². The van der Waals surface area contributed by atoms with Gasteiger partial charge in [-0.2, -0.15) is 0 Å². The Morgan fingerprint density at radius 3 is 2.52 bits per heavy atom. The Balaban J connectivity index is 1.73. The van der Waals surface area contributed by atoms with E-state index in [0.29, 0.717) is 5.13 Å². The molecule has 1 aliphatic heterocycles. The highest BCUT2D eigenvalue weighted by atomic mass is 32.1. The number of hydrogen-bond donors (Lipinski definition) is 1. The summed E-state index contributed by atoms with van der Waals surface area (Å²) in [4.78, 5) is 33.5. The lowest BCUT2D eigenvalue weighted by Gasteiger charge is -2.31. The van der Waals surface area contributed by atoms with Gasteiger partial charge in [-0.1, -0.05) is 17.7 Å². The van der Waals surface area contributed by atoms with Gasteiger partial charge in [0, 0.05) is 19.2 Å². The third-order valence-electron chi connectivity index (χ3n) is 4.99. The summed E-state index contributed by atoms with van der Waals surface area (Å²) in [6, 6.07) is 6.09. The molecule has 0 aliphatic carbocycles. The highest BCUT2D eigenvalue weighted by Crippen LogP contribution is 2.31. The maximum atomic E-state index is 12.3. The Kier molecular flexibility index (Phi) is 5.92. The number of anilines is 2. The van der Waals surface area contributed by atoms with Crippen LogP contribution in [0.1, 0.15) is 30.7 Å². The highest BCUT2D eigenvalue weighted by Gasteiger charge is 2.24. The number of amides is 2. The average Bonchev–Trinajstić information content (AvgIpc) is 3.05. The zero-order valence-corrected chi connectivity index (χ0v) is 17.2. The lowest BCUT2D eigenvalue weighted by molar-refractivity contribution is -0.917. The number of hydrogen-bond acceptors (Lipinski definition) is 4. The van der Waals surface area contributed by atoms with E-state index in [0.717, 1.165) is 49.7 Å². The maximum absolute atomic E-state index is 12.3. The van der Waals surface area contributed by atoms with Crippen molar-refractivity contribution in [2.24, 2.45) is 0 Å². The fourth-order valence-corrected chi connectivity index (χ4v) is 4.39. The maximum Gasteiger partial charge on any atom is 0.230 e. The van der Waals surface area contributed by atoms with Gasteiger partial charge in [0.25, 0.3) is 0 Å². The second kappa shape index (κ2) is 8.19. The van der Waals surface area contributed by atoms with Crippen LogP contribution >= 0.6 is 11.3 Å². The zero-order valence-electron chi connectivity index (χ0n) is 16.4. The summed E-state index contributed by atoms with van der Waals surface area (Å²) in [5.74, 6) is 0.112. The van der Waals surface area contributed by atoms with E-state index in [9.17, 15) is 9.59 Å². The van der Waals surface area contributed by atoms with E-state index >= 15 is 0 Å². The molecule has 0 saturated carbocycles. The number of piperazine rings is 1. The first-order valence-corrected chi connectivity index (χ1v) is 10.1. The minimum atomic E-state index is -0.0368. The Hall–Kier alpha value is -2.25. The molecule has 0 radical (unpaired) electrons. The van der Waals surface area contributed by atoms with Crippen LogP contribution < -0.4 is 9.80 Å². The second-order valence-corrected chi connectivity index (χ2v) is 8.04. The normalized spacial score (nSPS) is 15.0. The molecule has 0 bridgehead atoms. The number of nitrogens with zero attached hydrogens (tertiary/aromatic N) is 3. The first-order chi connectivity index (χ1) is 12.8. The zero-order chi connectivity index (χ0) is 19.6. The SMILES string of the molecule is CC(=O)N1CC[NH+](Cc2csc(N(C(C)=O)c3ccc(C)cc3C)n2)CC1. The summed E-state index contributed by atoms with van der Waals surface area (Å²) >= 11 is 1.50. The van der Waals surface area contributed by atoms with Crippen LogP contribution in [0.15, 0.2) is 23.6 Å². The van der Waals surface area contributed by atoms with Crippen molar-refractivity contribution in [1.82, 2.24) is 9.88 Å². The molecule has 1 fully saturated rings. The Morgan fingerprint density at radius 2 is 1.93 bits per heavy atom. The third-order valence-corrected chi connectivity index (χ3v) is 5.86. The summed E-state index contributed by atoms with van der Waals surface area (Å²) in [5, 5.41) is 2.75. The Bertz CT molecular complexity index is 840. The minimum Gasteiger partial charge on any atom is -0.332 e. The van der Waals surface area contributed by atoms with Crippen LogP contribution in [0.3, 0.4) is 0 Å². The summed E-state index contributed by atoms with van der Waals surface area (Å²) in [6.45, 7) is 11.5. The van der Waals surface area contributed by atoms with E-state index in [1.165, 1.54) is 21.8 Å². The van der Waals surface area contributed by atoms with Gasteiger partial charge in [0.15, 0.2) is 5.13 Å². The van der Waals surface area contributed by atoms with E-state index in [1.807, 2.05) is 36.3 Å². The second-order valence-electron chi connectivity index (χ2n) is 7.20. The van der Waals surface area contributed by atoms with Gasteiger partial charge in [0.05, 0.1) is 31.9 Å². The van der Waals surface area contributed by atoms with Crippen molar-refractivity contribution in [1.29, 1.82) is 0 Å². The Labute approximate surface area is 164 Å². The predicted octanol–water partition coefficient (Wildman–Crippen LogP) is 1.69. The van der Waals surface area contributed by atoms with Crippen LogP contribution in [0.25, 0.3) is 0 Å². The molecule has 27 heavy (non-hydrogen) atoms. The number of carbonyl (C=O) groups excluding carboxylic acids is 2. The van der Waals surface area contributed by atoms with Crippen molar-refractivity contribution in [2.75, 3.05) is 31.1 Å². The van der Waals surface area contributed by atoms with Gasteiger partial charge in [0.2, 0.25) is 11.8 Å². The monoisotopic (exact) mass is 387 g/mol. The smallest absolute Gasteiger partial charge is 0.230 e. The molecule has 6 nitrogen and oxygen atoms in total. The molecular weight excluding hydrogens is 360 g/mol. The van der Waals surface area contributed by atoms with Crippen LogP contribution in [-0.2, 0) is 16.1 Å². The quantitative estimate of drug-likeness (QED) is 0.869. The number of thiazole rings is 1. The van der Waals surface area contributed by atoms with E-state index in [1.54, 1.807) is 18.7 Å². The fraction of sp³-hybridized carbons (Fsp3) is 0.450. The molecule has 2 heterocycles. The predicted molar refractivity (Wildman–Crippen MR) is 108 cm³/mol. The van der Waals surface area contributed by atoms with E-state index in [-0.39, 0.29) is 11.8 Å². The highest BCUT2D eigenvalue weighted by molar-refractivity contribution is 7.14. The summed E-state index contributed by atoms with van der Waals surface area (Å²) in [7, 11) is 0. The van der Waals surface area contributed by atoms with Crippen molar-refractivity contribution in [3.05, 3.63) is 40.4 Å². The van der Waals surface area contributed by atoms with Gasteiger partial charge in [-0.05, 0) is 25.5 Å². The molecule has 0 spiro atoms. The molecule has 0 unspecified atom stereocenters. The van der Waals surface area contributed by atoms with Crippen LogP contribution in [0.4, 0.5) is 10.8 Å². The first-order valence-electron chi connectivity index (χ1n) is 9.26. The standard InChI is InChI=1S/C20H26N4O2S/c1-14-5-6-19(15(2)11-14)24(17(4)26)20-21-18(13-27-20)12-22-7-9-23(10-8-22)16(3)25/h5-6,11,13H,7-10,12H2,1-4H3/p+1. The van der Waals surface area contributed by atoms with Crippen molar-refractivity contribution in [2.45, 2.75) is 34.2 Å². The van der Waals surface area contributed by atoms with Crippen molar-refractivity contribution in [3.8, 4) is 0 Å². The number of quaternary nitrogens is 1. The molecule has 1 saturated heterocycles. The largest absolute Gasteiger partial charge is 0.332 e. The van der Waals surface area contributed by atoms with E-state index < -0.39 is 0 Å². The van der Waals surface area contributed by atoms with Gasteiger partial charge in [0.1, 0.15) is 12.2 Å². The van der Waals surface area contributed by atoms with Gasteiger partial charge < -0.3 is 9.80 Å². The molecule has 0 atom stereocenters. The van der Waals surface area contributed by atoms with Gasteiger partial charge in [-0.15, -0.1) is 11.3 Å². The lowest BCUT2D eigenvalue weighted by Crippen LogP contribution is -3.13. The number of rotatable bonds is 4. The average molecular weight is 388 g/mol. The van der Waals surface area contributed by atoms with Crippen LogP contribution in [0.5, 0.6) is 0 Å². The number of carbonyl (C=O) groups is 2. The van der Waals surface area contributed by atoms with Crippen LogP contribution in [-0.4, -0.2) is 47.9 Å². The van der Waals surface area contributed by atoms with Crippen molar-refractivity contribution < 1.29 is 14.5 Å². The Morgan fingerprint density at radius 1 is 1.22 bits per heavy atom. The molecule has 2 aromatic rings. The molecule has 1 aromatic heterocycles. The molecule has 7 heteroatoms. The number of aryl methyl sites for hydroxylation is 2.